The van der Waals surface area contributed by atoms with Gasteiger partial charge in [-0.2, -0.15) is 5.26 Å². The van der Waals surface area contributed by atoms with Gasteiger partial charge in [0.15, 0.2) is 0 Å². The van der Waals surface area contributed by atoms with Crippen LogP contribution in [0.25, 0.3) is 0 Å². The first kappa shape index (κ1) is 13.3. The summed E-state index contributed by atoms with van der Waals surface area (Å²) in [5.74, 6) is 0. The molecular weight excluding hydrogens is 274 g/mol. The number of nitriles is 1. The van der Waals surface area contributed by atoms with E-state index < -0.39 is 10.0 Å². The summed E-state index contributed by atoms with van der Waals surface area (Å²) in [6, 6.07) is 5.94. The van der Waals surface area contributed by atoms with Crippen molar-refractivity contribution in [1.82, 2.24) is 10.0 Å². The van der Waals surface area contributed by atoms with Crippen LogP contribution in [0.5, 0.6) is 0 Å². The molecule has 2 N–H and O–H groups in total. The molecule has 2 rings (SSSR count). The molecule has 1 heterocycles. The highest BCUT2D eigenvalue weighted by Crippen LogP contribution is 2.22. The van der Waals surface area contributed by atoms with Gasteiger partial charge in [0.05, 0.1) is 16.7 Å². The molecule has 0 bridgehead atoms. The van der Waals surface area contributed by atoms with E-state index in [-0.39, 0.29) is 16.0 Å². The van der Waals surface area contributed by atoms with Crippen LogP contribution in [0.4, 0.5) is 0 Å². The first-order valence-electron chi connectivity index (χ1n) is 5.45. The summed E-state index contributed by atoms with van der Waals surface area (Å²) in [5, 5.41) is 11.8. The topological polar surface area (TPSA) is 82.0 Å². The van der Waals surface area contributed by atoms with Crippen molar-refractivity contribution in [3.63, 3.8) is 0 Å². The highest BCUT2D eigenvalue weighted by atomic mass is 35.5. The van der Waals surface area contributed by atoms with Crippen LogP contribution in [-0.2, 0) is 10.0 Å². The van der Waals surface area contributed by atoms with Crippen LogP contribution in [0.2, 0.25) is 5.02 Å². The largest absolute Gasteiger partial charge is 0.315 e. The van der Waals surface area contributed by atoms with Crippen LogP contribution in [0.3, 0.4) is 0 Å². The van der Waals surface area contributed by atoms with E-state index in [1.54, 1.807) is 0 Å². The summed E-state index contributed by atoms with van der Waals surface area (Å²) in [6.45, 7) is 1.42. The van der Waals surface area contributed by atoms with E-state index in [4.69, 9.17) is 16.9 Å². The summed E-state index contributed by atoms with van der Waals surface area (Å²) in [5.41, 5.74) is 0.335. The van der Waals surface area contributed by atoms with Gasteiger partial charge in [0.2, 0.25) is 10.0 Å². The van der Waals surface area contributed by atoms with Crippen LogP contribution < -0.4 is 10.0 Å². The number of nitrogens with one attached hydrogen (secondary N) is 2. The summed E-state index contributed by atoms with van der Waals surface area (Å²) in [7, 11) is -3.63. The summed E-state index contributed by atoms with van der Waals surface area (Å²) < 4.78 is 26.8. The Morgan fingerprint density at radius 1 is 1.50 bits per heavy atom. The molecule has 0 radical (unpaired) electrons. The van der Waals surface area contributed by atoms with E-state index in [2.05, 4.69) is 10.0 Å². The van der Waals surface area contributed by atoms with Gasteiger partial charge in [-0.25, -0.2) is 13.1 Å². The minimum Gasteiger partial charge on any atom is -0.315 e. The third-order valence-electron chi connectivity index (χ3n) is 2.73. The molecule has 1 fully saturated rings. The molecule has 96 valence electrons. The molecule has 1 aromatic rings. The molecule has 1 aliphatic rings. The lowest BCUT2D eigenvalue weighted by molar-refractivity contribution is 0.560. The van der Waals surface area contributed by atoms with Crippen LogP contribution in [0, 0.1) is 11.3 Å². The molecule has 1 atom stereocenters. The summed E-state index contributed by atoms with van der Waals surface area (Å²) in [4.78, 5) is 0.00932. The predicted molar refractivity (Wildman–Crippen MR) is 67.8 cm³/mol. The maximum atomic E-state index is 12.1. The van der Waals surface area contributed by atoms with Gasteiger partial charge in [0, 0.05) is 12.6 Å². The lowest BCUT2D eigenvalue weighted by atomic mass is 10.2. The minimum atomic E-state index is -3.63. The molecule has 1 aliphatic heterocycles. The van der Waals surface area contributed by atoms with Crippen molar-refractivity contribution >= 4 is 21.6 Å². The van der Waals surface area contributed by atoms with Crippen molar-refractivity contribution < 1.29 is 8.42 Å². The monoisotopic (exact) mass is 285 g/mol. The fourth-order valence-electron chi connectivity index (χ4n) is 1.83. The number of halogens is 1. The molecule has 7 heteroatoms. The van der Waals surface area contributed by atoms with Gasteiger partial charge in [-0.3, -0.25) is 0 Å². The van der Waals surface area contributed by atoms with E-state index in [9.17, 15) is 8.42 Å². The Morgan fingerprint density at radius 2 is 2.28 bits per heavy atom. The summed E-state index contributed by atoms with van der Waals surface area (Å²) >= 11 is 5.89. The second-order valence-electron chi connectivity index (χ2n) is 4.07. The van der Waals surface area contributed by atoms with Gasteiger partial charge in [0.1, 0.15) is 4.90 Å². The Hall–Kier alpha value is -1.13. The van der Waals surface area contributed by atoms with Crippen molar-refractivity contribution in [1.29, 1.82) is 5.26 Å². The molecule has 18 heavy (non-hydrogen) atoms. The first-order chi connectivity index (χ1) is 8.53. The molecule has 1 aromatic carbocycles. The smallest absolute Gasteiger partial charge is 0.242 e. The maximum absolute atomic E-state index is 12.1. The van der Waals surface area contributed by atoms with Crippen molar-refractivity contribution in [2.75, 3.05) is 13.1 Å². The average molecular weight is 286 g/mol. The zero-order valence-corrected chi connectivity index (χ0v) is 11.1. The zero-order valence-electron chi connectivity index (χ0n) is 9.48. The van der Waals surface area contributed by atoms with Gasteiger partial charge in [-0.15, -0.1) is 0 Å². The van der Waals surface area contributed by atoms with E-state index >= 15 is 0 Å². The summed E-state index contributed by atoms with van der Waals surface area (Å²) in [6.07, 6.45) is 0.757. The zero-order chi connectivity index (χ0) is 13.2. The molecule has 0 spiro atoms. The quantitative estimate of drug-likeness (QED) is 0.863. The van der Waals surface area contributed by atoms with E-state index in [0.717, 1.165) is 13.0 Å². The molecule has 0 saturated carbocycles. The molecule has 1 unspecified atom stereocenters. The van der Waals surface area contributed by atoms with Crippen LogP contribution in [-0.4, -0.2) is 27.5 Å². The van der Waals surface area contributed by atoms with Crippen LogP contribution >= 0.6 is 11.6 Å². The first-order valence-corrected chi connectivity index (χ1v) is 7.32. The van der Waals surface area contributed by atoms with Crippen molar-refractivity contribution in [2.45, 2.75) is 17.4 Å². The average Bonchev–Trinajstić information content (AvgIpc) is 2.80. The second-order valence-corrected chi connectivity index (χ2v) is 6.16. The van der Waals surface area contributed by atoms with Gasteiger partial charge in [-0.05, 0) is 31.2 Å². The minimum absolute atomic E-state index is 0.00932. The number of nitrogens with zero attached hydrogens (tertiary/aromatic N) is 1. The lowest BCUT2D eigenvalue weighted by Gasteiger charge is -2.13. The Labute approximate surface area is 111 Å². The van der Waals surface area contributed by atoms with E-state index in [1.807, 2.05) is 6.07 Å². The van der Waals surface area contributed by atoms with Crippen molar-refractivity contribution in [3.05, 3.63) is 28.8 Å². The predicted octanol–water partition coefficient (Wildman–Crippen LogP) is 0.852. The Morgan fingerprint density at radius 3 is 2.83 bits per heavy atom. The number of benzene rings is 1. The van der Waals surface area contributed by atoms with Crippen LogP contribution in [0.1, 0.15) is 12.0 Å². The molecule has 5 nitrogen and oxygen atoms in total. The second kappa shape index (κ2) is 5.24. The SMILES string of the molecule is N#Cc1ccc(S(=O)(=O)NC2CCNC2)c(Cl)c1. The van der Waals surface area contributed by atoms with Crippen molar-refractivity contribution in [3.8, 4) is 6.07 Å². The van der Waals surface area contributed by atoms with Gasteiger partial charge >= 0.3 is 0 Å². The Balaban J connectivity index is 2.27. The van der Waals surface area contributed by atoms with Crippen LogP contribution in [0.15, 0.2) is 23.1 Å². The highest BCUT2D eigenvalue weighted by Gasteiger charge is 2.24. The highest BCUT2D eigenvalue weighted by molar-refractivity contribution is 7.89. The molecule has 0 amide bonds. The van der Waals surface area contributed by atoms with Gasteiger partial charge in [-0.1, -0.05) is 11.6 Å². The number of rotatable bonds is 3. The molecule has 0 aliphatic carbocycles. The standard InChI is InChI=1S/C11H12ClN3O2S/c12-10-5-8(6-13)1-2-11(10)18(16,17)15-9-3-4-14-7-9/h1-2,5,9,14-15H,3-4,7H2. The molecular formula is C11H12ClN3O2S. The fraction of sp³-hybridized carbons (Fsp3) is 0.364. The Kier molecular flexibility index (Phi) is 3.88. The van der Waals surface area contributed by atoms with E-state index in [0.29, 0.717) is 12.1 Å². The third-order valence-corrected chi connectivity index (χ3v) is 4.74. The Bertz CT molecular complexity index is 589. The lowest BCUT2D eigenvalue weighted by Crippen LogP contribution is -2.36. The third kappa shape index (κ3) is 2.82. The normalized spacial score (nSPS) is 19.7. The number of hydrogen-bond donors (Lipinski definition) is 2. The number of hydrogen-bond acceptors (Lipinski definition) is 4. The molecule has 1 saturated heterocycles. The van der Waals surface area contributed by atoms with Gasteiger partial charge < -0.3 is 5.32 Å². The molecule has 0 aromatic heterocycles. The fourth-order valence-corrected chi connectivity index (χ4v) is 3.64. The van der Waals surface area contributed by atoms with Gasteiger partial charge in [0.25, 0.3) is 0 Å². The van der Waals surface area contributed by atoms with Crippen molar-refractivity contribution in [2.24, 2.45) is 0 Å². The van der Waals surface area contributed by atoms with E-state index in [1.165, 1.54) is 18.2 Å². The number of sulfonamides is 1. The maximum Gasteiger partial charge on any atom is 0.242 e.